The molecule has 0 bridgehead atoms. The van der Waals surface area contributed by atoms with E-state index in [1.54, 1.807) is 0 Å². The maximum Gasteiger partial charge on any atom is 0.227 e. The van der Waals surface area contributed by atoms with E-state index in [2.05, 4.69) is 18.0 Å². The Bertz CT molecular complexity index is 433. The number of carbonyl (C=O) groups excluding carboxylic acids is 1. The Morgan fingerprint density at radius 1 is 1.33 bits per heavy atom. The first-order valence-corrected chi connectivity index (χ1v) is 6.44. The Morgan fingerprint density at radius 2 is 2.00 bits per heavy atom. The summed E-state index contributed by atoms with van der Waals surface area (Å²) in [6, 6.07) is 8.05. The summed E-state index contributed by atoms with van der Waals surface area (Å²) in [5.74, 6) is 0.415. The number of carbonyl (C=O) groups is 1. The van der Waals surface area contributed by atoms with E-state index in [9.17, 15) is 4.79 Å². The summed E-state index contributed by atoms with van der Waals surface area (Å²) in [6.07, 6.45) is 0.522. The predicted molar refractivity (Wildman–Crippen MR) is 74.9 cm³/mol. The fraction of sp³-hybridized carbons (Fsp3) is 0.500. The summed E-state index contributed by atoms with van der Waals surface area (Å²) in [5.41, 5.74) is 7.72. The molecule has 1 atom stereocenters. The number of nitrogens with zero attached hydrogens (tertiary/aromatic N) is 2. The summed E-state index contributed by atoms with van der Waals surface area (Å²) >= 11 is 0. The molecule has 0 saturated carbocycles. The molecule has 0 fully saturated rings. The molecule has 1 amide bonds. The first-order chi connectivity index (χ1) is 8.63. The van der Waals surface area contributed by atoms with Gasteiger partial charge in [0, 0.05) is 26.6 Å². The van der Waals surface area contributed by atoms with Gasteiger partial charge in [0.25, 0.3) is 0 Å². The molecule has 18 heavy (non-hydrogen) atoms. The topological polar surface area (TPSA) is 49.6 Å². The standard InChI is InChI=1S/C14H21N3O/c1-11(10-15)9-14(18)17-8-7-16(2)12-5-3-4-6-13(12)17/h3-6,11H,7-10,15H2,1-2H3. The average Bonchev–Trinajstić information content (AvgIpc) is 2.39. The smallest absolute Gasteiger partial charge is 0.227 e. The van der Waals surface area contributed by atoms with Crippen LogP contribution >= 0.6 is 0 Å². The molecule has 1 unspecified atom stereocenters. The van der Waals surface area contributed by atoms with Gasteiger partial charge in [-0.1, -0.05) is 19.1 Å². The van der Waals surface area contributed by atoms with E-state index in [1.807, 2.05) is 30.0 Å². The van der Waals surface area contributed by atoms with Crippen LogP contribution in [0.3, 0.4) is 0 Å². The van der Waals surface area contributed by atoms with Gasteiger partial charge in [0.05, 0.1) is 11.4 Å². The largest absolute Gasteiger partial charge is 0.371 e. The zero-order chi connectivity index (χ0) is 13.1. The van der Waals surface area contributed by atoms with Gasteiger partial charge in [0.2, 0.25) is 5.91 Å². The van der Waals surface area contributed by atoms with Gasteiger partial charge in [-0.15, -0.1) is 0 Å². The Morgan fingerprint density at radius 3 is 2.67 bits per heavy atom. The molecule has 2 rings (SSSR count). The normalized spacial score (nSPS) is 16.4. The first-order valence-electron chi connectivity index (χ1n) is 6.44. The molecule has 2 N–H and O–H groups in total. The Labute approximate surface area is 108 Å². The van der Waals surface area contributed by atoms with Crippen LogP contribution in [0, 0.1) is 5.92 Å². The van der Waals surface area contributed by atoms with Crippen LogP contribution in [-0.4, -0.2) is 32.6 Å². The van der Waals surface area contributed by atoms with Gasteiger partial charge < -0.3 is 15.5 Å². The zero-order valence-corrected chi connectivity index (χ0v) is 11.1. The molecule has 1 aromatic carbocycles. The van der Waals surface area contributed by atoms with Crippen LogP contribution in [-0.2, 0) is 4.79 Å². The maximum absolute atomic E-state index is 12.3. The number of fused-ring (bicyclic) bond motifs is 1. The molecule has 1 aliphatic rings. The van der Waals surface area contributed by atoms with Gasteiger partial charge in [0.1, 0.15) is 0 Å². The van der Waals surface area contributed by atoms with Crippen molar-refractivity contribution in [1.82, 2.24) is 0 Å². The summed E-state index contributed by atoms with van der Waals surface area (Å²) in [6.45, 7) is 4.20. The van der Waals surface area contributed by atoms with Gasteiger partial charge in [-0.05, 0) is 24.6 Å². The molecule has 4 heteroatoms. The minimum Gasteiger partial charge on any atom is -0.371 e. The molecule has 1 heterocycles. The Kier molecular flexibility index (Phi) is 3.87. The highest BCUT2D eigenvalue weighted by Gasteiger charge is 2.25. The third-order valence-electron chi connectivity index (χ3n) is 3.47. The number of rotatable bonds is 3. The number of benzene rings is 1. The molecule has 1 aromatic rings. The van der Waals surface area contributed by atoms with Crippen molar-refractivity contribution in [3.05, 3.63) is 24.3 Å². The lowest BCUT2D eigenvalue weighted by atomic mass is 10.1. The molecule has 4 nitrogen and oxygen atoms in total. The van der Waals surface area contributed by atoms with Crippen LogP contribution in [0.5, 0.6) is 0 Å². The SMILES string of the molecule is CC(CN)CC(=O)N1CCN(C)c2ccccc21. The lowest BCUT2D eigenvalue weighted by molar-refractivity contribution is -0.119. The van der Waals surface area contributed by atoms with E-state index in [0.29, 0.717) is 13.0 Å². The zero-order valence-electron chi connectivity index (χ0n) is 11.1. The van der Waals surface area contributed by atoms with Crippen LogP contribution in [0.2, 0.25) is 0 Å². The molecular formula is C14H21N3O. The first kappa shape index (κ1) is 12.9. The molecule has 0 aromatic heterocycles. The van der Waals surface area contributed by atoms with E-state index in [1.165, 1.54) is 0 Å². The second kappa shape index (κ2) is 5.40. The number of amides is 1. The summed E-state index contributed by atoms with van der Waals surface area (Å²) in [5, 5.41) is 0. The molecule has 0 radical (unpaired) electrons. The van der Waals surface area contributed by atoms with Crippen molar-refractivity contribution in [1.29, 1.82) is 0 Å². The van der Waals surface area contributed by atoms with Gasteiger partial charge in [-0.3, -0.25) is 4.79 Å². The van der Waals surface area contributed by atoms with E-state index >= 15 is 0 Å². The van der Waals surface area contributed by atoms with E-state index in [4.69, 9.17) is 5.73 Å². The van der Waals surface area contributed by atoms with Crippen molar-refractivity contribution in [3.63, 3.8) is 0 Å². The van der Waals surface area contributed by atoms with E-state index < -0.39 is 0 Å². The lowest BCUT2D eigenvalue weighted by Crippen LogP contribution is -2.43. The van der Waals surface area contributed by atoms with Crippen molar-refractivity contribution in [2.75, 3.05) is 36.5 Å². The van der Waals surface area contributed by atoms with Crippen molar-refractivity contribution >= 4 is 17.3 Å². The van der Waals surface area contributed by atoms with Gasteiger partial charge in [0.15, 0.2) is 0 Å². The van der Waals surface area contributed by atoms with Crippen molar-refractivity contribution < 1.29 is 4.79 Å². The van der Waals surface area contributed by atoms with E-state index in [-0.39, 0.29) is 11.8 Å². The average molecular weight is 247 g/mol. The van der Waals surface area contributed by atoms with Crippen LogP contribution in [0.1, 0.15) is 13.3 Å². The van der Waals surface area contributed by atoms with Crippen molar-refractivity contribution in [2.24, 2.45) is 11.7 Å². The fourth-order valence-corrected chi connectivity index (χ4v) is 2.26. The Balaban J connectivity index is 2.21. The maximum atomic E-state index is 12.3. The van der Waals surface area contributed by atoms with Crippen LogP contribution in [0.4, 0.5) is 11.4 Å². The number of hydrogen-bond donors (Lipinski definition) is 1. The quantitative estimate of drug-likeness (QED) is 0.879. The van der Waals surface area contributed by atoms with Gasteiger partial charge >= 0.3 is 0 Å². The van der Waals surface area contributed by atoms with Crippen LogP contribution < -0.4 is 15.5 Å². The molecule has 0 saturated heterocycles. The van der Waals surface area contributed by atoms with Gasteiger partial charge in [-0.25, -0.2) is 0 Å². The highest BCUT2D eigenvalue weighted by atomic mass is 16.2. The minimum absolute atomic E-state index is 0.175. The summed E-state index contributed by atoms with van der Waals surface area (Å²) < 4.78 is 0. The molecule has 98 valence electrons. The third-order valence-corrected chi connectivity index (χ3v) is 3.47. The Hall–Kier alpha value is -1.55. The summed E-state index contributed by atoms with van der Waals surface area (Å²) in [4.78, 5) is 16.4. The second-order valence-corrected chi connectivity index (χ2v) is 5.00. The van der Waals surface area contributed by atoms with Gasteiger partial charge in [-0.2, -0.15) is 0 Å². The highest BCUT2D eigenvalue weighted by Crippen LogP contribution is 2.32. The van der Waals surface area contributed by atoms with Crippen LogP contribution in [0.15, 0.2) is 24.3 Å². The second-order valence-electron chi connectivity index (χ2n) is 5.00. The van der Waals surface area contributed by atoms with Crippen LogP contribution in [0.25, 0.3) is 0 Å². The number of nitrogens with two attached hydrogens (primary N) is 1. The molecule has 1 aliphatic heterocycles. The van der Waals surface area contributed by atoms with Crippen molar-refractivity contribution in [2.45, 2.75) is 13.3 Å². The number of para-hydroxylation sites is 2. The number of hydrogen-bond acceptors (Lipinski definition) is 3. The molecular weight excluding hydrogens is 226 g/mol. The summed E-state index contributed by atoms with van der Waals surface area (Å²) in [7, 11) is 2.06. The lowest BCUT2D eigenvalue weighted by Gasteiger charge is -2.36. The monoisotopic (exact) mass is 247 g/mol. The highest BCUT2D eigenvalue weighted by molar-refractivity contribution is 5.97. The predicted octanol–water partition coefficient (Wildman–Crippen LogP) is 1.45. The number of likely N-dealkylation sites (N-methyl/N-ethyl adjacent to an activating group) is 1. The third kappa shape index (κ3) is 2.48. The molecule has 0 aliphatic carbocycles. The molecule has 0 spiro atoms. The van der Waals surface area contributed by atoms with E-state index in [0.717, 1.165) is 24.5 Å². The minimum atomic E-state index is 0.175. The fourth-order valence-electron chi connectivity index (χ4n) is 2.26. The number of anilines is 2. The van der Waals surface area contributed by atoms with Crippen molar-refractivity contribution in [3.8, 4) is 0 Å².